The number of amides is 1. The van der Waals surface area contributed by atoms with Crippen LogP contribution >= 0.6 is 11.3 Å². The number of allylic oxidation sites excluding steroid dienone is 1. The Morgan fingerprint density at radius 3 is 2.84 bits per heavy atom. The minimum absolute atomic E-state index is 0.0119. The van der Waals surface area contributed by atoms with Crippen molar-refractivity contribution >= 4 is 23.5 Å². The maximum absolute atomic E-state index is 13.0. The molecule has 9 nitrogen and oxygen atoms in total. The summed E-state index contributed by atoms with van der Waals surface area (Å²) in [6.45, 7) is 1.29. The fourth-order valence-electron chi connectivity index (χ4n) is 2.49. The molecule has 2 rings (SSSR count). The van der Waals surface area contributed by atoms with Crippen molar-refractivity contribution in [1.82, 2.24) is 20.5 Å². The van der Waals surface area contributed by atoms with Gasteiger partial charge in [0.15, 0.2) is 6.29 Å². The first-order valence-electron chi connectivity index (χ1n) is 9.36. The predicted octanol–water partition coefficient (Wildman–Crippen LogP) is 1.96. The third-order valence-corrected chi connectivity index (χ3v) is 4.80. The van der Waals surface area contributed by atoms with Crippen LogP contribution in [-0.4, -0.2) is 40.1 Å². The number of carbonyl (C=O) groups is 2. The summed E-state index contributed by atoms with van der Waals surface area (Å²) in [5.74, 6) is 5.30. The summed E-state index contributed by atoms with van der Waals surface area (Å²) in [4.78, 5) is 22.7. The van der Waals surface area contributed by atoms with Gasteiger partial charge in [0.2, 0.25) is 5.01 Å². The fourth-order valence-corrected chi connectivity index (χ4v) is 3.29. The zero-order valence-corrected chi connectivity index (χ0v) is 17.7. The van der Waals surface area contributed by atoms with E-state index in [9.17, 15) is 18.4 Å². The highest BCUT2D eigenvalue weighted by Crippen LogP contribution is 2.22. The smallest absolute Gasteiger partial charge is 0.394 e. The van der Waals surface area contributed by atoms with Crippen LogP contribution in [0.2, 0.25) is 0 Å². The number of alkyl halides is 2. The number of unbranched alkanes of at least 4 members (excludes halogenated alkanes) is 1. The maximum atomic E-state index is 13.0. The normalized spacial score (nSPS) is 11.8. The molecule has 1 amide bonds. The number of carbonyl (C=O) groups excluding carboxylic acids is 2. The average Bonchev–Trinajstić information content (AvgIpc) is 3.17. The van der Waals surface area contributed by atoms with Gasteiger partial charge in [0.25, 0.3) is 5.91 Å². The van der Waals surface area contributed by atoms with Gasteiger partial charge in [0.1, 0.15) is 10.8 Å². The molecule has 0 saturated heterocycles. The zero-order chi connectivity index (χ0) is 22.9. The van der Waals surface area contributed by atoms with Crippen LogP contribution < -0.4 is 21.6 Å². The molecule has 0 atom stereocenters. The Morgan fingerprint density at radius 2 is 2.13 bits per heavy atom. The first-order chi connectivity index (χ1) is 14.7. The number of hydrazine groups is 1. The molecule has 5 N–H and O–H groups in total. The van der Waals surface area contributed by atoms with Gasteiger partial charge < -0.3 is 20.8 Å². The number of nitrogens with one attached hydrogen (secondary N) is 1. The number of hydrogen-bond acceptors (Lipinski definition) is 9. The number of rotatable bonds is 12. The van der Waals surface area contributed by atoms with Crippen LogP contribution in [0.4, 0.5) is 8.78 Å². The third-order valence-electron chi connectivity index (χ3n) is 3.82. The van der Waals surface area contributed by atoms with Gasteiger partial charge in [-0.3, -0.25) is 9.59 Å². The molecule has 0 bridgehead atoms. The Hall–Kier alpha value is -3.12. The minimum atomic E-state index is -3.28. The molecule has 0 aliphatic carbocycles. The van der Waals surface area contributed by atoms with Crippen molar-refractivity contribution in [3.05, 3.63) is 51.7 Å². The van der Waals surface area contributed by atoms with E-state index in [0.29, 0.717) is 36.7 Å². The Morgan fingerprint density at radius 1 is 1.35 bits per heavy atom. The van der Waals surface area contributed by atoms with Crippen LogP contribution in [-0.2, 0) is 17.8 Å². The molecule has 1 aromatic carbocycles. The molecule has 2 aromatic rings. The number of nitrogens with two attached hydrogens (primary N) is 2. The van der Waals surface area contributed by atoms with Gasteiger partial charge >= 0.3 is 6.11 Å². The molecule has 1 aromatic heterocycles. The monoisotopic (exact) mass is 454 g/mol. The van der Waals surface area contributed by atoms with Gasteiger partial charge in [-0.05, 0) is 30.5 Å². The molecule has 0 unspecified atom stereocenters. The Labute approximate surface area is 182 Å². The molecule has 1 heterocycles. The van der Waals surface area contributed by atoms with E-state index in [1.165, 1.54) is 34.7 Å². The number of aryl methyl sites for hydroxylation is 1. The summed E-state index contributed by atoms with van der Waals surface area (Å²) in [6.07, 6.45) is 0.698. The van der Waals surface area contributed by atoms with Gasteiger partial charge in [0, 0.05) is 32.6 Å². The second kappa shape index (κ2) is 11.3. The summed E-state index contributed by atoms with van der Waals surface area (Å²) >= 11 is 1.18. The predicted molar refractivity (Wildman–Crippen MR) is 111 cm³/mol. The number of nitrogens with zero attached hydrogens (tertiary/aromatic N) is 3. The molecule has 31 heavy (non-hydrogen) atoms. The van der Waals surface area contributed by atoms with Crippen molar-refractivity contribution in [2.75, 3.05) is 6.54 Å². The topological polar surface area (TPSA) is 136 Å². The highest BCUT2D eigenvalue weighted by Gasteiger charge is 2.23. The number of benzene rings is 1. The van der Waals surface area contributed by atoms with E-state index in [-0.39, 0.29) is 23.0 Å². The van der Waals surface area contributed by atoms with Crippen molar-refractivity contribution in [1.29, 1.82) is 0 Å². The van der Waals surface area contributed by atoms with Crippen molar-refractivity contribution in [2.24, 2.45) is 11.6 Å². The zero-order valence-electron chi connectivity index (χ0n) is 16.9. The summed E-state index contributed by atoms with van der Waals surface area (Å²) in [5.41, 5.74) is 6.03. The molecular weight excluding hydrogens is 430 g/mol. The molecule has 168 valence electrons. The minimum Gasteiger partial charge on any atom is -0.433 e. The molecule has 0 saturated carbocycles. The van der Waals surface area contributed by atoms with E-state index >= 15 is 0 Å². The largest absolute Gasteiger partial charge is 0.433 e. The van der Waals surface area contributed by atoms with Crippen LogP contribution in [0.15, 0.2) is 36.2 Å². The van der Waals surface area contributed by atoms with E-state index in [2.05, 4.69) is 20.3 Å². The maximum Gasteiger partial charge on any atom is 0.394 e. The van der Waals surface area contributed by atoms with Crippen molar-refractivity contribution < 1.29 is 23.1 Å². The van der Waals surface area contributed by atoms with Gasteiger partial charge in [0.05, 0.1) is 5.70 Å². The number of halogens is 2. The second-order valence-corrected chi connectivity index (χ2v) is 7.74. The highest BCUT2D eigenvalue weighted by molar-refractivity contribution is 7.13. The van der Waals surface area contributed by atoms with Gasteiger partial charge in [-0.15, -0.1) is 10.2 Å². The summed E-state index contributed by atoms with van der Waals surface area (Å²) in [7, 11) is 0. The number of hydrogen-bond donors (Lipinski definition) is 3. The van der Waals surface area contributed by atoms with Crippen molar-refractivity contribution in [3.8, 4) is 5.75 Å². The van der Waals surface area contributed by atoms with E-state index < -0.39 is 12.0 Å². The Kier molecular flexibility index (Phi) is 8.82. The Balaban J connectivity index is 1.78. The fraction of sp³-hybridized carbons (Fsp3) is 0.368. The van der Waals surface area contributed by atoms with Gasteiger partial charge in [-0.2, -0.15) is 8.78 Å². The molecule has 0 aliphatic rings. The first-order valence-corrected chi connectivity index (χ1v) is 10.2. The first kappa shape index (κ1) is 24.2. The quantitative estimate of drug-likeness (QED) is 0.146. The lowest BCUT2D eigenvalue weighted by Crippen LogP contribution is -2.27. The van der Waals surface area contributed by atoms with Gasteiger partial charge in [-0.25, -0.2) is 5.84 Å². The molecular formula is C19H24F2N6O3S. The summed E-state index contributed by atoms with van der Waals surface area (Å²) < 4.78 is 30.4. The van der Waals surface area contributed by atoms with Crippen LogP contribution in [0.25, 0.3) is 0 Å². The van der Waals surface area contributed by atoms with Crippen molar-refractivity contribution in [3.63, 3.8) is 0 Å². The van der Waals surface area contributed by atoms with Crippen LogP contribution in [0.1, 0.15) is 40.1 Å². The van der Waals surface area contributed by atoms with E-state index in [0.717, 1.165) is 12.8 Å². The molecule has 12 heteroatoms. The lowest BCUT2D eigenvalue weighted by atomic mass is 10.2. The lowest BCUT2D eigenvalue weighted by molar-refractivity contribution is -0.159. The standard InChI is InChI=1S/C19H24F2N6O3S/c1-19(20,21)30-15-6-4-5-13(9-15)10-24-17(29)18-26-25-16(31-18)7-2-3-8-27(23)11-14(22)12-28/h4-6,9,11-12H,2-3,7-8,10,22-23H2,1H3,(H,24,29)/b14-11-. The van der Waals surface area contributed by atoms with E-state index in [1.54, 1.807) is 12.1 Å². The van der Waals surface area contributed by atoms with Crippen LogP contribution in [0, 0.1) is 0 Å². The Bertz CT molecular complexity index is 916. The van der Waals surface area contributed by atoms with Crippen molar-refractivity contribution in [2.45, 2.75) is 38.8 Å². The average molecular weight is 455 g/mol. The SMILES string of the molecule is CC(F)(F)Oc1cccc(CNC(=O)c2nnc(CCCCN(N)/C=C(\N)C=O)s2)c1. The third kappa shape index (κ3) is 9.05. The summed E-state index contributed by atoms with van der Waals surface area (Å²) in [6, 6.07) is 6.10. The summed E-state index contributed by atoms with van der Waals surface area (Å²) in [5, 5.41) is 12.8. The van der Waals surface area contributed by atoms with Crippen LogP contribution in [0.3, 0.4) is 0 Å². The molecule has 0 spiro atoms. The molecule has 0 aliphatic heterocycles. The highest BCUT2D eigenvalue weighted by atomic mass is 32.1. The van der Waals surface area contributed by atoms with Crippen LogP contribution in [0.5, 0.6) is 5.75 Å². The second-order valence-electron chi connectivity index (χ2n) is 6.68. The number of ether oxygens (including phenoxy) is 1. The lowest BCUT2D eigenvalue weighted by Gasteiger charge is -2.13. The molecule has 0 radical (unpaired) electrons. The number of aldehydes is 1. The van der Waals surface area contributed by atoms with Gasteiger partial charge in [-0.1, -0.05) is 23.5 Å². The van der Waals surface area contributed by atoms with E-state index in [1.807, 2.05) is 0 Å². The number of aromatic nitrogens is 2. The molecule has 0 fully saturated rings. The van der Waals surface area contributed by atoms with E-state index in [4.69, 9.17) is 11.6 Å².